The summed E-state index contributed by atoms with van der Waals surface area (Å²) in [5.74, 6) is 1.83. The third-order valence-electron chi connectivity index (χ3n) is 11.4. The predicted octanol–water partition coefficient (Wildman–Crippen LogP) is 13.8. The van der Waals surface area contributed by atoms with E-state index in [1.807, 2.05) is 48.5 Å². The molecule has 4 heterocycles. The molecule has 0 aliphatic carbocycles. The number of benzene rings is 8. The lowest BCUT2D eigenvalue weighted by molar-refractivity contribution is 0.676. The van der Waals surface area contributed by atoms with Crippen LogP contribution in [0.5, 0.6) is 0 Å². The number of rotatable bonds is 6. The predicted molar refractivity (Wildman–Crippen MR) is 244 cm³/mol. The number of para-hydroxylation sites is 2. The Balaban J connectivity index is 1.05. The maximum Gasteiger partial charge on any atom is 0.164 e. The number of fused-ring (bicyclic) bond motifs is 8. The molecule has 12 rings (SSSR count). The largest absolute Gasteiger partial charge is 0.453 e. The SMILES string of the molecule is c1ccc(-c2cccc(-c3nc(-c4ccccc4)nc(-c4ccc(-n5c6ccccc6c6oc7c8ccccc8nc(-c8ccc9ccccc9c8)c7c65)cc4)n3)c2)cc1. The second kappa shape index (κ2) is 13.7. The van der Waals surface area contributed by atoms with Crippen molar-refractivity contribution in [1.82, 2.24) is 24.5 Å². The van der Waals surface area contributed by atoms with Gasteiger partial charge in [-0.3, -0.25) is 0 Å². The normalized spacial score (nSPS) is 11.7. The summed E-state index contributed by atoms with van der Waals surface area (Å²) in [7, 11) is 0. The van der Waals surface area contributed by atoms with E-state index in [0.717, 1.165) is 94.0 Å². The van der Waals surface area contributed by atoms with Gasteiger partial charge in [0.1, 0.15) is 11.1 Å². The van der Waals surface area contributed by atoms with Crippen LogP contribution >= 0.6 is 0 Å². The van der Waals surface area contributed by atoms with Crippen LogP contribution in [0, 0.1) is 0 Å². The van der Waals surface area contributed by atoms with Gasteiger partial charge in [-0.25, -0.2) is 19.9 Å². The highest BCUT2D eigenvalue weighted by molar-refractivity contribution is 6.24. The monoisotopic (exact) mass is 767 g/mol. The zero-order valence-corrected chi connectivity index (χ0v) is 32.2. The molecule has 6 nitrogen and oxygen atoms in total. The summed E-state index contributed by atoms with van der Waals surface area (Å²) in [4.78, 5) is 20.5. The van der Waals surface area contributed by atoms with E-state index in [9.17, 15) is 0 Å². The van der Waals surface area contributed by atoms with Crippen LogP contribution in [0.2, 0.25) is 0 Å². The van der Waals surface area contributed by atoms with Crippen molar-refractivity contribution in [2.75, 3.05) is 0 Å². The molecular formula is C54H33N5O. The van der Waals surface area contributed by atoms with Crippen LogP contribution in [0.25, 0.3) is 117 Å². The summed E-state index contributed by atoms with van der Waals surface area (Å²) in [5.41, 5.74) is 12.4. The molecule has 8 aromatic carbocycles. The standard InChI is InChI=1S/C54H33N5O/c1-3-14-34(15-4-1)39-20-13-21-41(33-39)54-57-52(36-17-5-2-6-18-36)56-53(58-54)37-28-30-42(31-29-37)59-46-25-12-10-23-44(46)51-49(59)47-48(40-27-26-35-16-7-8-19-38(35)32-40)55-45-24-11-9-22-43(45)50(47)60-51/h1-33H. The van der Waals surface area contributed by atoms with Gasteiger partial charge in [0.05, 0.1) is 22.1 Å². The lowest BCUT2D eigenvalue weighted by Gasteiger charge is -2.12. The number of furan rings is 1. The number of hydrogen-bond donors (Lipinski definition) is 0. The third kappa shape index (κ3) is 5.57. The van der Waals surface area contributed by atoms with Crippen molar-refractivity contribution in [3.8, 4) is 62.2 Å². The Labute approximate surface area is 344 Å². The lowest BCUT2D eigenvalue weighted by Crippen LogP contribution is -2.01. The van der Waals surface area contributed by atoms with Crippen LogP contribution in [0.3, 0.4) is 0 Å². The molecule has 0 radical (unpaired) electrons. The fraction of sp³-hybridized carbons (Fsp3) is 0. The first-order valence-electron chi connectivity index (χ1n) is 20.1. The molecule has 0 bridgehead atoms. The van der Waals surface area contributed by atoms with E-state index in [1.54, 1.807) is 0 Å². The smallest absolute Gasteiger partial charge is 0.164 e. The molecule has 4 aromatic heterocycles. The Morgan fingerprint density at radius 2 is 0.950 bits per heavy atom. The van der Waals surface area contributed by atoms with Gasteiger partial charge < -0.3 is 8.98 Å². The quantitative estimate of drug-likeness (QED) is 0.168. The van der Waals surface area contributed by atoms with Crippen molar-refractivity contribution in [1.29, 1.82) is 0 Å². The summed E-state index contributed by atoms with van der Waals surface area (Å²) in [6.07, 6.45) is 0. The number of aromatic nitrogens is 5. The molecule has 12 aromatic rings. The lowest BCUT2D eigenvalue weighted by atomic mass is 10.0. The van der Waals surface area contributed by atoms with E-state index in [-0.39, 0.29) is 0 Å². The summed E-state index contributed by atoms with van der Waals surface area (Å²) >= 11 is 0. The molecule has 280 valence electrons. The first-order chi connectivity index (χ1) is 29.7. The highest BCUT2D eigenvalue weighted by Crippen LogP contribution is 2.45. The van der Waals surface area contributed by atoms with Crippen molar-refractivity contribution >= 4 is 54.6 Å². The van der Waals surface area contributed by atoms with Gasteiger partial charge in [-0.1, -0.05) is 140 Å². The van der Waals surface area contributed by atoms with E-state index in [4.69, 9.17) is 24.4 Å². The van der Waals surface area contributed by atoms with Crippen LogP contribution in [-0.4, -0.2) is 24.5 Å². The van der Waals surface area contributed by atoms with Gasteiger partial charge in [-0.15, -0.1) is 0 Å². The van der Waals surface area contributed by atoms with Crippen LogP contribution in [0.4, 0.5) is 0 Å². The Morgan fingerprint density at radius 1 is 0.367 bits per heavy atom. The molecule has 0 amide bonds. The van der Waals surface area contributed by atoms with E-state index < -0.39 is 0 Å². The molecule has 0 spiro atoms. The molecule has 60 heavy (non-hydrogen) atoms. The average Bonchev–Trinajstić information content (AvgIpc) is 3.87. The van der Waals surface area contributed by atoms with E-state index in [1.165, 1.54) is 5.39 Å². The van der Waals surface area contributed by atoms with Crippen molar-refractivity contribution in [2.45, 2.75) is 0 Å². The molecule has 0 aliphatic heterocycles. The molecule has 0 saturated carbocycles. The maximum absolute atomic E-state index is 6.98. The van der Waals surface area contributed by atoms with Crippen molar-refractivity contribution in [3.63, 3.8) is 0 Å². The highest BCUT2D eigenvalue weighted by atomic mass is 16.3. The fourth-order valence-corrected chi connectivity index (χ4v) is 8.54. The molecule has 0 N–H and O–H groups in total. The molecule has 0 unspecified atom stereocenters. The molecular weight excluding hydrogens is 735 g/mol. The fourth-order valence-electron chi connectivity index (χ4n) is 8.54. The first-order valence-corrected chi connectivity index (χ1v) is 20.1. The number of nitrogens with zero attached hydrogens (tertiary/aromatic N) is 5. The molecule has 6 heteroatoms. The Kier molecular flexibility index (Phi) is 7.74. The first kappa shape index (κ1) is 33.9. The van der Waals surface area contributed by atoms with Crippen LogP contribution in [0.1, 0.15) is 0 Å². The van der Waals surface area contributed by atoms with Gasteiger partial charge in [-0.2, -0.15) is 0 Å². The topological polar surface area (TPSA) is 69.6 Å². The minimum Gasteiger partial charge on any atom is -0.453 e. The summed E-state index contributed by atoms with van der Waals surface area (Å²) in [5, 5.41) is 5.34. The van der Waals surface area contributed by atoms with Gasteiger partial charge in [-0.05, 0) is 82.6 Å². The summed E-state index contributed by atoms with van der Waals surface area (Å²) in [6.45, 7) is 0. The second-order valence-electron chi connectivity index (χ2n) is 15.0. The van der Waals surface area contributed by atoms with Crippen molar-refractivity contribution in [3.05, 3.63) is 200 Å². The van der Waals surface area contributed by atoms with Crippen LogP contribution in [0.15, 0.2) is 205 Å². The average molecular weight is 768 g/mol. The van der Waals surface area contributed by atoms with Crippen molar-refractivity contribution in [2.24, 2.45) is 0 Å². The summed E-state index contributed by atoms with van der Waals surface area (Å²) < 4.78 is 9.29. The zero-order chi connectivity index (χ0) is 39.6. The van der Waals surface area contributed by atoms with Gasteiger partial charge in [0.15, 0.2) is 23.1 Å². The van der Waals surface area contributed by atoms with E-state index >= 15 is 0 Å². The minimum atomic E-state index is 0.598. The molecule has 0 saturated heterocycles. The number of pyridine rings is 1. The number of hydrogen-bond acceptors (Lipinski definition) is 5. The minimum absolute atomic E-state index is 0.598. The van der Waals surface area contributed by atoms with E-state index in [2.05, 4.69) is 156 Å². The summed E-state index contributed by atoms with van der Waals surface area (Å²) in [6, 6.07) is 69.1. The second-order valence-corrected chi connectivity index (χ2v) is 15.0. The van der Waals surface area contributed by atoms with E-state index in [0.29, 0.717) is 17.5 Å². The zero-order valence-electron chi connectivity index (χ0n) is 32.2. The Bertz CT molecular complexity index is 3590. The molecule has 0 aliphatic rings. The van der Waals surface area contributed by atoms with Crippen LogP contribution in [-0.2, 0) is 0 Å². The maximum atomic E-state index is 6.98. The van der Waals surface area contributed by atoms with Gasteiger partial charge >= 0.3 is 0 Å². The Morgan fingerprint density at radius 3 is 1.73 bits per heavy atom. The highest BCUT2D eigenvalue weighted by Gasteiger charge is 2.25. The van der Waals surface area contributed by atoms with Gasteiger partial charge in [0.25, 0.3) is 0 Å². The van der Waals surface area contributed by atoms with Crippen molar-refractivity contribution < 1.29 is 4.42 Å². The third-order valence-corrected chi connectivity index (χ3v) is 11.4. The van der Waals surface area contributed by atoms with Gasteiger partial charge in [0.2, 0.25) is 0 Å². The molecule has 0 atom stereocenters. The molecule has 0 fully saturated rings. The Hall–Kier alpha value is -8.22. The van der Waals surface area contributed by atoms with Gasteiger partial charge in [0, 0.05) is 38.7 Å². The van der Waals surface area contributed by atoms with Crippen LogP contribution < -0.4 is 0 Å².